The van der Waals surface area contributed by atoms with Crippen LogP contribution in [0, 0.1) is 12.8 Å². The third-order valence-electron chi connectivity index (χ3n) is 7.46. The predicted octanol–water partition coefficient (Wildman–Crippen LogP) is 3.30. The van der Waals surface area contributed by atoms with E-state index in [0.29, 0.717) is 24.8 Å². The van der Waals surface area contributed by atoms with Gasteiger partial charge >= 0.3 is 0 Å². The van der Waals surface area contributed by atoms with Gasteiger partial charge < -0.3 is 15.1 Å². The van der Waals surface area contributed by atoms with Gasteiger partial charge in [-0.1, -0.05) is 37.1 Å². The minimum absolute atomic E-state index is 0.0293. The average molecular weight is 412 g/mol. The highest BCUT2D eigenvalue weighted by Crippen LogP contribution is 2.28. The van der Waals surface area contributed by atoms with E-state index in [1.165, 1.54) is 36.8 Å². The van der Waals surface area contributed by atoms with Crippen LogP contribution >= 0.6 is 0 Å². The first-order chi connectivity index (χ1) is 14.6. The smallest absolute Gasteiger partial charge is 0.245 e. The zero-order valence-electron chi connectivity index (χ0n) is 18.4. The summed E-state index contributed by atoms with van der Waals surface area (Å²) in [4.78, 5) is 29.6. The number of benzene rings is 1. The molecule has 1 aromatic rings. The topological polar surface area (TPSA) is 52.7 Å². The molecule has 30 heavy (non-hydrogen) atoms. The molecule has 0 radical (unpaired) electrons. The standard InChI is InChI=1S/C25H37N3O2/c1-19-6-2-3-7-21(19)14-17-27-15-12-20(13-16-27)18-28(22-8-4-5-9-22)25(30)23-10-11-24(29)26-23/h2-3,6-7,20,22-23H,4-5,8-18H2,1H3,(H,26,29)/t23-/m0/s1. The molecule has 1 aromatic carbocycles. The van der Waals surface area contributed by atoms with Crippen LogP contribution in [0.4, 0.5) is 0 Å². The van der Waals surface area contributed by atoms with Gasteiger partial charge in [0.15, 0.2) is 0 Å². The Bertz CT molecular complexity index is 736. The van der Waals surface area contributed by atoms with Crippen molar-refractivity contribution in [3.05, 3.63) is 35.4 Å². The van der Waals surface area contributed by atoms with Gasteiger partial charge in [-0.3, -0.25) is 9.59 Å². The molecule has 1 N–H and O–H groups in total. The molecular formula is C25H37N3O2. The van der Waals surface area contributed by atoms with Crippen LogP contribution in [0.5, 0.6) is 0 Å². The number of piperidine rings is 1. The molecule has 0 bridgehead atoms. The molecule has 0 aromatic heterocycles. The number of nitrogens with zero attached hydrogens (tertiary/aromatic N) is 2. The molecule has 0 spiro atoms. The van der Waals surface area contributed by atoms with Crippen molar-refractivity contribution in [2.24, 2.45) is 5.92 Å². The van der Waals surface area contributed by atoms with E-state index < -0.39 is 0 Å². The summed E-state index contributed by atoms with van der Waals surface area (Å²) in [5.74, 6) is 0.790. The fourth-order valence-electron chi connectivity index (χ4n) is 5.47. The highest BCUT2D eigenvalue weighted by atomic mass is 16.2. The van der Waals surface area contributed by atoms with Gasteiger partial charge in [0.25, 0.3) is 0 Å². The molecule has 1 atom stereocenters. The van der Waals surface area contributed by atoms with Crippen LogP contribution in [0.1, 0.15) is 62.5 Å². The van der Waals surface area contributed by atoms with Crippen molar-refractivity contribution >= 4 is 11.8 Å². The molecule has 2 amide bonds. The van der Waals surface area contributed by atoms with Gasteiger partial charge in [-0.2, -0.15) is 0 Å². The number of hydrogen-bond acceptors (Lipinski definition) is 3. The van der Waals surface area contributed by atoms with E-state index in [9.17, 15) is 9.59 Å². The lowest BCUT2D eigenvalue weighted by Crippen LogP contribution is -2.51. The van der Waals surface area contributed by atoms with Crippen LogP contribution in [0.2, 0.25) is 0 Å². The summed E-state index contributed by atoms with van der Waals surface area (Å²) in [6.07, 6.45) is 9.31. The Labute approximate surface area is 181 Å². The molecule has 2 saturated heterocycles. The number of aryl methyl sites for hydroxylation is 1. The molecule has 2 heterocycles. The maximum Gasteiger partial charge on any atom is 0.245 e. The number of carbonyl (C=O) groups excluding carboxylic acids is 2. The lowest BCUT2D eigenvalue weighted by molar-refractivity contribution is -0.137. The zero-order valence-corrected chi connectivity index (χ0v) is 18.4. The number of likely N-dealkylation sites (tertiary alicyclic amines) is 1. The lowest BCUT2D eigenvalue weighted by Gasteiger charge is -2.38. The highest BCUT2D eigenvalue weighted by molar-refractivity contribution is 5.91. The van der Waals surface area contributed by atoms with Gasteiger partial charge in [0.05, 0.1) is 0 Å². The fourth-order valence-corrected chi connectivity index (χ4v) is 5.47. The van der Waals surface area contributed by atoms with Crippen LogP contribution in [-0.4, -0.2) is 59.9 Å². The second-order valence-electron chi connectivity index (χ2n) is 9.55. The normalized spacial score (nSPS) is 23.6. The largest absolute Gasteiger partial charge is 0.344 e. The Morgan fingerprint density at radius 1 is 1.10 bits per heavy atom. The molecule has 3 aliphatic rings. The Hall–Kier alpha value is -1.88. The summed E-state index contributed by atoms with van der Waals surface area (Å²) in [6, 6.07) is 8.79. The van der Waals surface area contributed by atoms with Crippen molar-refractivity contribution in [2.45, 2.75) is 76.8 Å². The molecule has 1 aliphatic carbocycles. The van der Waals surface area contributed by atoms with Crippen LogP contribution < -0.4 is 5.32 Å². The maximum atomic E-state index is 13.2. The first-order valence-corrected chi connectivity index (χ1v) is 12.0. The van der Waals surface area contributed by atoms with Crippen LogP contribution in [0.3, 0.4) is 0 Å². The van der Waals surface area contributed by atoms with Crippen LogP contribution in [0.25, 0.3) is 0 Å². The van der Waals surface area contributed by atoms with Gasteiger partial charge in [-0.25, -0.2) is 0 Å². The minimum atomic E-state index is -0.285. The third kappa shape index (κ3) is 5.23. The van der Waals surface area contributed by atoms with Crippen molar-refractivity contribution in [3.8, 4) is 0 Å². The van der Waals surface area contributed by atoms with Gasteiger partial charge in [-0.05, 0) is 75.6 Å². The van der Waals surface area contributed by atoms with Gasteiger partial charge in [0.2, 0.25) is 11.8 Å². The quantitative estimate of drug-likeness (QED) is 0.749. The van der Waals surface area contributed by atoms with Crippen molar-refractivity contribution in [2.75, 3.05) is 26.2 Å². The first-order valence-electron chi connectivity index (χ1n) is 12.0. The summed E-state index contributed by atoms with van der Waals surface area (Å²) < 4.78 is 0. The molecule has 0 unspecified atom stereocenters. The van der Waals surface area contributed by atoms with E-state index >= 15 is 0 Å². The van der Waals surface area contributed by atoms with Gasteiger partial charge in [0, 0.05) is 25.6 Å². The van der Waals surface area contributed by atoms with Gasteiger partial charge in [-0.15, -0.1) is 0 Å². The van der Waals surface area contributed by atoms with Crippen molar-refractivity contribution < 1.29 is 9.59 Å². The molecular weight excluding hydrogens is 374 g/mol. The van der Waals surface area contributed by atoms with Crippen LogP contribution in [0.15, 0.2) is 24.3 Å². The minimum Gasteiger partial charge on any atom is -0.344 e. The number of hydrogen-bond donors (Lipinski definition) is 1. The number of carbonyl (C=O) groups is 2. The molecule has 4 rings (SSSR count). The summed E-state index contributed by atoms with van der Waals surface area (Å²) in [5, 5.41) is 2.90. The lowest BCUT2D eigenvalue weighted by atomic mass is 9.94. The van der Waals surface area contributed by atoms with Crippen molar-refractivity contribution in [1.29, 1.82) is 0 Å². The summed E-state index contributed by atoms with van der Waals surface area (Å²) >= 11 is 0. The monoisotopic (exact) mass is 411 g/mol. The Balaban J connectivity index is 1.28. The zero-order chi connectivity index (χ0) is 20.9. The summed E-state index contributed by atoms with van der Waals surface area (Å²) in [5.41, 5.74) is 2.84. The second kappa shape index (κ2) is 9.95. The van der Waals surface area contributed by atoms with E-state index in [-0.39, 0.29) is 17.9 Å². The molecule has 1 saturated carbocycles. The third-order valence-corrected chi connectivity index (χ3v) is 7.46. The molecule has 5 nitrogen and oxygen atoms in total. The molecule has 3 fully saturated rings. The van der Waals surface area contributed by atoms with E-state index in [4.69, 9.17) is 0 Å². The van der Waals surface area contributed by atoms with Crippen molar-refractivity contribution in [3.63, 3.8) is 0 Å². The van der Waals surface area contributed by atoms with E-state index in [2.05, 4.69) is 46.3 Å². The number of rotatable bonds is 7. The molecule has 5 heteroatoms. The number of nitrogens with one attached hydrogen (secondary N) is 1. The molecule has 2 aliphatic heterocycles. The van der Waals surface area contributed by atoms with Gasteiger partial charge in [0.1, 0.15) is 6.04 Å². The fraction of sp³-hybridized carbons (Fsp3) is 0.680. The van der Waals surface area contributed by atoms with E-state index in [1.807, 2.05) is 0 Å². The van der Waals surface area contributed by atoms with E-state index in [0.717, 1.165) is 45.4 Å². The van der Waals surface area contributed by atoms with E-state index in [1.54, 1.807) is 0 Å². The summed E-state index contributed by atoms with van der Waals surface area (Å²) in [6.45, 7) is 6.45. The second-order valence-corrected chi connectivity index (χ2v) is 9.55. The Morgan fingerprint density at radius 2 is 1.83 bits per heavy atom. The maximum absolute atomic E-state index is 13.2. The average Bonchev–Trinajstić information content (AvgIpc) is 3.44. The first kappa shape index (κ1) is 21.4. The predicted molar refractivity (Wildman–Crippen MR) is 119 cm³/mol. The molecule has 164 valence electrons. The summed E-state index contributed by atoms with van der Waals surface area (Å²) in [7, 11) is 0. The Kier molecular flexibility index (Phi) is 7.08. The highest BCUT2D eigenvalue weighted by Gasteiger charge is 2.36. The Morgan fingerprint density at radius 3 is 2.50 bits per heavy atom. The SMILES string of the molecule is Cc1ccccc1CCN1CCC(CN(C(=O)[C@@H]2CCC(=O)N2)C2CCCC2)CC1. The number of amides is 2. The van der Waals surface area contributed by atoms with Crippen LogP contribution in [-0.2, 0) is 16.0 Å². The van der Waals surface area contributed by atoms with Crippen molar-refractivity contribution in [1.82, 2.24) is 15.1 Å².